The van der Waals surface area contributed by atoms with Crippen LogP contribution in [0.25, 0.3) is 0 Å². The van der Waals surface area contributed by atoms with Gasteiger partial charge in [-0.1, -0.05) is 0 Å². The number of alkyl halides is 2. The molecule has 0 unspecified atom stereocenters. The monoisotopic (exact) mass is 117 g/mol. The summed E-state index contributed by atoms with van der Waals surface area (Å²) in [6.07, 6.45) is 0. The molecule has 0 aromatic heterocycles. The van der Waals surface area contributed by atoms with E-state index in [1.807, 2.05) is 0 Å². The van der Waals surface area contributed by atoms with E-state index in [1.54, 1.807) is 0 Å². The lowest BCUT2D eigenvalue weighted by Crippen LogP contribution is -1.97. The van der Waals surface area contributed by atoms with E-state index in [2.05, 4.69) is 4.74 Å². The SMILES string of the molecule is F[C](F)OC(F)F. The molecule has 1 radical (unpaired) electrons. The zero-order valence-corrected chi connectivity index (χ0v) is 3.00. The first-order chi connectivity index (χ1) is 3.13. The Balaban J connectivity index is 2.95. The van der Waals surface area contributed by atoms with Crippen molar-refractivity contribution in [3.63, 3.8) is 0 Å². The first kappa shape index (κ1) is 6.68. The molecule has 0 saturated carbocycles. The molecule has 0 heterocycles. The van der Waals surface area contributed by atoms with E-state index in [0.29, 0.717) is 0 Å². The van der Waals surface area contributed by atoms with Gasteiger partial charge in [-0.15, -0.1) is 0 Å². The summed E-state index contributed by atoms with van der Waals surface area (Å²) in [5.41, 5.74) is 0. The van der Waals surface area contributed by atoms with Crippen molar-refractivity contribution in [2.45, 2.75) is 6.61 Å². The van der Waals surface area contributed by atoms with Crippen LogP contribution in [0, 0.1) is 6.61 Å². The summed E-state index contributed by atoms with van der Waals surface area (Å²) in [5.74, 6) is 0. The Morgan fingerprint density at radius 3 is 1.71 bits per heavy atom. The molecule has 0 saturated heterocycles. The molecular formula is C2HF4O. The van der Waals surface area contributed by atoms with Crippen LogP contribution in [-0.2, 0) is 4.74 Å². The summed E-state index contributed by atoms with van der Waals surface area (Å²) < 4.78 is 44.6. The fourth-order valence-corrected chi connectivity index (χ4v) is 0.0673. The molecule has 0 rings (SSSR count). The van der Waals surface area contributed by atoms with Gasteiger partial charge >= 0.3 is 13.2 Å². The van der Waals surface area contributed by atoms with Crippen molar-refractivity contribution in [1.82, 2.24) is 0 Å². The van der Waals surface area contributed by atoms with Crippen molar-refractivity contribution in [2.24, 2.45) is 0 Å². The Kier molecular flexibility index (Phi) is 2.66. The average Bonchev–Trinajstić information content (AvgIpc) is 1.27. The van der Waals surface area contributed by atoms with Gasteiger partial charge in [0.25, 0.3) is 0 Å². The number of hydrogen-bond donors (Lipinski definition) is 0. The van der Waals surface area contributed by atoms with E-state index in [9.17, 15) is 17.6 Å². The summed E-state index contributed by atoms with van der Waals surface area (Å²) in [6, 6.07) is 0. The van der Waals surface area contributed by atoms with Gasteiger partial charge in [-0.25, -0.2) is 0 Å². The van der Waals surface area contributed by atoms with Crippen LogP contribution in [0.1, 0.15) is 0 Å². The fraction of sp³-hybridized carbons (Fsp3) is 0.500. The summed E-state index contributed by atoms with van der Waals surface area (Å²) in [4.78, 5) is 0. The van der Waals surface area contributed by atoms with Crippen molar-refractivity contribution in [2.75, 3.05) is 0 Å². The topological polar surface area (TPSA) is 9.23 Å². The van der Waals surface area contributed by atoms with E-state index in [1.165, 1.54) is 0 Å². The number of hydrogen-bond acceptors (Lipinski definition) is 1. The normalized spacial score (nSPS) is 11.1. The molecule has 0 fully saturated rings. The molecule has 0 aromatic carbocycles. The lowest BCUT2D eigenvalue weighted by molar-refractivity contribution is -0.180. The zero-order valence-electron chi connectivity index (χ0n) is 3.00. The summed E-state index contributed by atoms with van der Waals surface area (Å²) in [6.45, 7) is -6.13. The van der Waals surface area contributed by atoms with E-state index in [4.69, 9.17) is 0 Å². The fourth-order valence-electron chi connectivity index (χ4n) is 0.0673. The third kappa shape index (κ3) is 5.68. The van der Waals surface area contributed by atoms with Crippen LogP contribution < -0.4 is 0 Å². The predicted octanol–water partition coefficient (Wildman–Crippen LogP) is 1.61. The zero-order chi connectivity index (χ0) is 5.86. The van der Waals surface area contributed by atoms with E-state index in [0.717, 1.165) is 0 Å². The lowest BCUT2D eigenvalue weighted by atomic mass is 11.3. The van der Waals surface area contributed by atoms with E-state index >= 15 is 0 Å². The molecule has 5 heteroatoms. The van der Waals surface area contributed by atoms with Crippen LogP contribution >= 0.6 is 0 Å². The standard InChI is InChI=1S/C2HF4O/c3-1(4)7-2(5)6/h1H. The van der Waals surface area contributed by atoms with Crippen molar-refractivity contribution in [3.05, 3.63) is 6.61 Å². The van der Waals surface area contributed by atoms with Gasteiger partial charge in [0.15, 0.2) is 0 Å². The first-order valence-electron chi connectivity index (χ1n) is 1.25. The van der Waals surface area contributed by atoms with Crippen molar-refractivity contribution < 1.29 is 22.3 Å². The minimum Gasteiger partial charge on any atom is -0.251 e. The van der Waals surface area contributed by atoms with Gasteiger partial charge in [0.05, 0.1) is 0 Å². The molecule has 0 aliphatic carbocycles. The van der Waals surface area contributed by atoms with Crippen LogP contribution in [0.4, 0.5) is 17.6 Å². The molecule has 0 N–H and O–H groups in total. The van der Waals surface area contributed by atoms with Crippen LogP contribution in [0.5, 0.6) is 0 Å². The molecule has 0 spiro atoms. The molecule has 0 amide bonds. The molecule has 0 aromatic rings. The Labute approximate surface area is 36.9 Å². The van der Waals surface area contributed by atoms with Gasteiger partial charge < -0.3 is 0 Å². The van der Waals surface area contributed by atoms with Crippen LogP contribution in [0.3, 0.4) is 0 Å². The van der Waals surface area contributed by atoms with Gasteiger partial charge in [-0.2, -0.15) is 17.6 Å². The average molecular weight is 117 g/mol. The maximum atomic E-state index is 10.6. The van der Waals surface area contributed by atoms with Crippen LogP contribution in [-0.4, -0.2) is 6.61 Å². The Morgan fingerprint density at radius 1 is 1.29 bits per heavy atom. The van der Waals surface area contributed by atoms with Gasteiger partial charge in [0.2, 0.25) is 0 Å². The highest BCUT2D eigenvalue weighted by Gasteiger charge is 2.12. The lowest BCUT2D eigenvalue weighted by Gasteiger charge is -1.93. The van der Waals surface area contributed by atoms with Crippen molar-refractivity contribution in [3.8, 4) is 0 Å². The molecule has 1 nitrogen and oxygen atoms in total. The number of ether oxygens (including phenoxy) is 1. The quantitative estimate of drug-likeness (QED) is 0.499. The Morgan fingerprint density at radius 2 is 1.71 bits per heavy atom. The summed E-state index contributed by atoms with van der Waals surface area (Å²) >= 11 is 0. The maximum absolute atomic E-state index is 10.6. The van der Waals surface area contributed by atoms with Gasteiger partial charge in [-0.3, -0.25) is 4.74 Å². The van der Waals surface area contributed by atoms with Crippen LogP contribution in [0.15, 0.2) is 0 Å². The Bertz CT molecular complexity index is 39.0. The van der Waals surface area contributed by atoms with Crippen molar-refractivity contribution in [1.29, 1.82) is 0 Å². The smallest absolute Gasteiger partial charge is 0.251 e. The highest BCUT2D eigenvalue weighted by molar-refractivity contribution is 4.32. The highest BCUT2D eigenvalue weighted by Crippen LogP contribution is 2.09. The third-order valence-corrected chi connectivity index (χ3v) is 0.178. The minimum absolute atomic E-state index is 2.50. The van der Waals surface area contributed by atoms with Gasteiger partial charge in [-0.05, 0) is 0 Å². The first-order valence-corrected chi connectivity index (χ1v) is 1.25. The largest absolute Gasteiger partial charge is 0.452 e. The highest BCUT2D eigenvalue weighted by atomic mass is 19.3. The molecule has 0 atom stereocenters. The number of halogens is 4. The number of rotatable bonds is 2. The molecule has 0 aliphatic rings. The minimum atomic E-state index is -3.41. The van der Waals surface area contributed by atoms with Gasteiger partial charge in [0.1, 0.15) is 0 Å². The molecule has 0 bridgehead atoms. The molecule has 7 heavy (non-hydrogen) atoms. The maximum Gasteiger partial charge on any atom is 0.452 e. The van der Waals surface area contributed by atoms with Crippen molar-refractivity contribution >= 4 is 0 Å². The van der Waals surface area contributed by atoms with Gasteiger partial charge in [0, 0.05) is 0 Å². The second-order valence-electron chi connectivity index (χ2n) is 0.604. The molecule has 0 aliphatic heterocycles. The Hall–Kier alpha value is -0.320. The molecular weight excluding hydrogens is 116 g/mol. The summed E-state index contributed by atoms with van der Waals surface area (Å²) in [5, 5.41) is 0. The summed E-state index contributed by atoms with van der Waals surface area (Å²) in [7, 11) is 0. The van der Waals surface area contributed by atoms with Crippen LogP contribution in [0.2, 0.25) is 0 Å². The predicted molar refractivity (Wildman–Crippen MR) is 12.5 cm³/mol. The van der Waals surface area contributed by atoms with E-state index in [-0.39, 0.29) is 0 Å². The second kappa shape index (κ2) is 2.79. The molecule has 43 valence electrons. The second-order valence-corrected chi connectivity index (χ2v) is 0.604. The third-order valence-electron chi connectivity index (χ3n) is 0.178. The van der Waals surface area contributed by atoms with E-state index < -0.39 is 13.2 Å².